The van der Waals surface area contributed by atoms with Gasteiger partial charge in [-0.25, -0.2) is 0 Å². The van der Waals surface area contributed by atoms with Crippen molar-refractivity contribution in [3.63, 3.8) is 0 Å². The molecule has 0 aliphatic rings. The van der Waals surface area contributed by atoms with Gasteiger partial charge in [-0.2, -0.15) is 0 Å². The Morgan fingerprint density at radius 1 is 1.06 bits per heavy atom. The van der Waals surface area contributed by atoms with Gasteiger partial charge in [-0.05, 0) is 36.4 Å². The number of anilines is 2. The number of benzene rings is 2. The number of halogens is 2. The summed E-state index contributed by atoms with van der Waals surface area (Å²) in [6.45, 7) is 0. The molecule has 2 aromatic carbocycles. The summed E-state index contributed by atoms with van der Waals surface area (Å²) in [6, 6.07) is 10.5. The van der Waals surface area contributed by atoms with E-state index in [1.165, 1.54) is 0 Å². The van der Waals surface area contributed by atoms with E-state index in [-0.39, 0.29) is 0 Å². The maximum absolute atomic E-state index is 6.12. The quantitative estimate of drug-likeness (QED) is 0.820. The largest absolute Gasteiger partial charge is 0.454 e. The highest BCUT2D eigenvalue weighted by Crippen LogP contribution is 2.38. The van der Waals surface area contributed by atoms with E-state index < -0.39 is 0 Å². The van der Waals surface area contributed by atoms with Gasteiger partial charge >= 0.3 is 0 Å². The van der Waals surface area contributed by atoms with Crippen molar-refractivity contribution in [2.45, 2.75) is 0 Å². The van der Waals surface area contributed by atoms with Crippen LogP contribution in [0.2, 0.25) is 10.0 Å². The van der Waals surface area contributed by atoms with E-state index >= 15 is 0 Å². The van der Waals surface area contributed by atoms with Gasteiger partial charge in [0.15, 0.2) is 5.75 Å². The molecule has 5 heteroatoms. The molecule has 18 heavy (non-hydrogen) atoms. The fourth-order valence-electron chi connectivity index (χ4n) is 1.46. The molecule has 2 rings (SSSR count). The molecule has 94 valence electrons. The van der Waals surface area contributed by atoms with E-state index in [9.17, 15) is 0 Å². The summed E-state index contributed by atoms with van der Waals surface area (Å²) in [5.41, 5.74) is 7.10. The van der Waals surface area contributed by atoms with Gasteiger partial charge < -0.3 is 15.8 Å². The minimum atomic E-state index is 0.433. The summed E-state index contributed by atoms with van der Waals surface area (Å²) in [5, 5.41) is 3.86. The molecule has 0 aromatic heterocycles. The third-order valence-electron chi connectivity index (χ3n) is 2.39. The Kier molecular flexibility index (Phi) is 3.84. The van der Waals surface area contributed by atoms with Crippen LogP contribution in [0.5, 0.6) is 11.5 Å². The predicted octanol–water partition coefficient (Wildman–Crippen LogP) is 4.41. The van der Waals surface area contributed by atoms with E-state index in [0.29, 0.717) is 27.2 Å². The summed E-state index contributed by atoms with van der Waals surface area (Å²) in [4.78, 5) is 0. The van der Waals surface area contributed by atoms with Gasteiger partial charge in [-0.15, -0.1) is 0 Å². The van der Waals surface area contributed by atoms with Crippen LogP contribution >= 0.6 is 23.2 Å². The SMILES string of the molecule is CNc1cc(Cl)c(Oc2ccc(N)cc2)c(Cl)c1. The van der Waals surface area contributed by atoms with Gasteiger partial charge in [0.1, 0.15) is 5.75 Å². The monoisotopic (exact) mass is 282 g/mol. The Bertz CT molecular complexity index is 532. The average molecular weight is 283 g/mol. The molecule has 0 aliphatic heterocycles. The Balaban J connectivity index is 2.31. The molecule has 0 atom stereocenters. The third kappa shape index (κ3) is 2.81. The highest BCUT2D eigenvalue weighted by atomic mass is 35.5. The minimum absolute atomic E-state index is 0.433. The topological polar surface area (TPSA) is 47.3 Å². The Morgan fingerprint density at radius 2 is 1.61 bits per heavy atom. The van der Waals surface area contributed by atoms with Crippen LogP contribution in [0.25, 0.3) is 0 Å². The second kappa shape index (κ2) is 5.38. The van der Waals surface area contributed by atoms with Crippen LogP contribution in [0.1, 0.15) is 0 Å². The maximum Gasteiger partial charge on any atom is 0.164 e. The zero-order valence-corrected chi connectivity index (χ0v) is 11.2. The zero-order valence-electron chi connectivity index (χ0n) is 9.71. The Labute approximate surface area is 115 Å². The summed E-state index contributed by atoms with van der Waals surface area (Å²) < 4.78 is 5.65. The highest BCUT2D eigenvalue weighted by Gasteiger charge is 2.10. The van der Waals surface area contributed by atoms with Crippen molar-refractivity contribution in [1.29, 1.82) is 0 Å². The van der Waals surface area contributed by atoms with Crippen molar-refractivity contribution < 1.29 is 4.74 Å². The number of ether oxygens (including phenoxy) is 1. The number of rotatable bonds is 3. The molecular weight excluding hydrogens is 271 g/mol. The molecule has 0 saturated carbocycles. The van der Waals surface area contributed by atoms with Crippen molar-refractivity contribution in [3.8, 4) is 11.5 Å². The standard InChI is InChI=1S/C13H12Cl2N2O/c1-17-9-6-11(14)13(12(15)7-9)18-10-4-2-8(16)3-5-10/h2-7,17H,16H2,1H3. The lowest BCUT2D eigenvalue weighted by Crippen LogP contribution is -1.92. The van der Waals surface area contributed by atoms with Crippen LogP contribution in [0, 0.1) is 0 Å². The van der Waals surface area contributed by atoms with E-state index in [0.717, 1.165) is 5.69 Å². The lowest BCUT2D eigenvalue weighted by atomic mass is 10.3. The van der Waals surface area contributed by atoms with Crippen molar-refractivity contribution in [1.82, 2.24) is 0 Å². The van der Waals surface area contributed by atoms with E-state index in [1.807, 2.05) is 0 Å². The number of nitrogens with two attached hydrogens (primary N) is 1. The molecule has 0 radical (unpaired) electrons. The second-order valence-corrected chi connectivity index (χ2v) is 4.50. The van der Waals surface area contributed by atoms with Crippen molar-refractivity contribution in [2.24, 2.45) is 0 Å². The van der Waals surface area contributed by atoms with E-state index in [4.69, 9.17) is 33.7 Å². The summed E-state index contributed by atoms with van der Waals surface area (Å²) in [6.07, 6.45) is 0. The molecule has 3 nitrogen and oxygen atoms in total. The Morgan fingerprint density at radius 3 is 2.11 bits per heavy atom. The zero-order chi connectivity index (χ0) is 13.1. The lowest BCUT2D eigenvalue weighted by molar-refractivity contribution is 0.483. The first kappa shape index (κ1) is 12.9. The van der Waals surface area contributed by atoms with Crippen molar-refractivity contribution >= 4 is 34.6 Å². The molecule has 0 amide bonds. The molecule has 0 spiro atoms. The molecule has 0 bridgehead atoms. The number of hydrogen-bond donors (Lipinski definition) is 2. The van der Waals surface area contributed by atoms with E-state index in [2.05, 4.69) is 5.32 Å². The normalized spacial score (nSPS) is 10.2. The summed E-state index contributed by atoms with van der Waals surface area (Å²) in [5.74, 6) is 1.06. The van der Waals surface area contributed by atoms with Crippen molar-refractivity contribution in [3.05, 3.63) is 46.4 Å². The maximum atomic E-state index is 6.12. The fourth-order valence-corrected chi connectivity index (χ4v) is 2.02. The van der Waals surface area contributed by atoms with Gasteiger partial charge in [0.2, 0.25) is 0 Å². The van der Waals surface area contributed by atoms with Gasteiger partial charge in [-0.1, -0.05) is 23.2 Å². The lowest BCUT2D eigenvalue weighted by Gasteiger charge is -2.11. The first-order valence-electron chi connectivity index (χ1n) is 5.30. The number of hydrogen-bond acceptors (Lipinski definition) is 3. The summed E-state index contributed by atoms with van der Waals surface area (Å²) >= 11 is 12.2. The smallest absolute Gasteiger partial charge is 0.164 e. The molecule has 2 aromatic rings. The fraction of sp³-hybridized carbons (Fsp3) is 0.0769. The van der Waals surface area contributed by atoms with Gasteiger partial charge in [-0.3, -0.25) is 0 Å². The minimum Gasteiger partial charge on any atom is -0.454 e. The first-order valence-corrected chi connectivity index (χ1v) is 6.06. The van der Waals surface area contributed by atoms with Gasteiger partial charge in [0, 0.05) is 18.4 Å². The third-order valence-corrected chi connectivity index (χ3v) is 2.95. The average Bonchev–Trinajstić information content (AvgIpc) is 2.35. The first-order chi connectivity index (χ1) is 8.60. The van der Waals surface area contributed by atoms with Crippen LogP contribution in [-0.4, -0.2) is 7.05 Å². The number of nitrogen functional groups attached to an aromatic ring is 1. The molecule has 0 fully saturated rings. The van der Waals surface area contributed by atoms with Crippen LogP contribution in [0.4, 0.5) is 11.4 Å². The Hall–Kier alpha value is -1.58. The molecule has 0 aliphatic carbocycles. The predicted molar refractivity (Wildman–Crippen MR) is 76.9 cm³/mol. The van der Waals surface area contributed by atoms with Crippen molar-refractivity contribution in [2.75, 3.05) is 18.1 Å². The van der Waals surface area contributed by atoms with Crippen LogP contribution in [-0.2, 0) is 0 Å². The number of nitrogens with one attached hydrogen (secondary N) is 1. The van der Waals surface area contributed by atoms with E-state index in [1.54, 1.807) is 43.4 Å². The van der Waals surface area contributed by atoms with Crippen LogP contribution in [0.15, 0.2) is 36.4 Å². The molecule has 0 unspecified atom stereocenters. The second-order valence-electron chi connectivity index (χ2n) is 3.69. The molecule has 0 saturated heterocycles. The summed E-state index contributed by atoms with van der Waals surface area (Å²) in [7, 11) is 1.79. The molecule has 0 heterocycles. The van der Waals surface area contributed by atoms with Gasteiger partial charge in [0.05, 0.1) is 10.0 Å². The van der Waals surface area contributed by atoms with Crippen LogP contribution in [0.3, 0.4) is 0 Å². The molecular formula is C13H12Cl2N2O. The van der Waals surface area contributed by atoms with Gasteiger partial charge in [0.25, 0.3) is 0 Å². The van der Waals surface area contributed by atoms with Crippen LogP contribution < -0.4 is 15.8 Å². The molecule has 3 N–H and O–H groups in total. The highest BCUT2D eigenvalue weighted by molar-refractivity contribution is 6.37.